The Labute approximate surface area is 183 Å². The second-order valence-electron chi connectivity index (χ2n) is 5.13. The third kappa shape index (κ3) is 9.04. The fourth-order valence-corrected chi connectivity index (χ4v) is 4.10. The lowest BCUT2D eigenvalue weighted by Crippen LogP contribution is -3.59. The van der Waals surface area contributed by atoms with Crippen LogP contribution in [-0.2, 0) is 24.4 Å². The molecule has 0 saturated carbocycles. The van der Waals surface area contributed by atoms with Crippen LogP contribution < -0.4 is 21.2 Å². The van der Waals surface area contributed by atoms with Crippen LogP contribution in [-0.4, -0.2) is 32.4 Å². The zero-order valence-electron chi connectivity index (χ0n) is 14.8. The lowest BCUT2D eigenvalue weighted by molar-refractivity contribution is -0.556. The molecule has 0 aliphatic rings. The summed E-state index contributed by atoms with van der Waals surface area (Å²) in [6.45, 7) is 0. The van der Waals surface area contributed by atoms with E-state index in [1.54, 1.807) is 30.3 Å². The van der Waals surface area contributed by atoms with Crippen LogP contribution in [0.1, 0.15) is 5.56 Å². The summed E-state index contributed by atoms with van der Waals surface area (Å²) < 4.78 is 126. The maximum atomic E-state index is 12.5. The van der Waals surface area contributed by atoms with Gasteiger partial charge in [0.1, 0.15) is 0 Å². The molecular formula is C16H11F6IO6S2. The van der Waals surface area contributed by atoms with Crippen LogP contribution in [0, 0.1) is 3.57 Å². The summed E-state index contributed by atoms with van der Waals surface area (Å²) in [5, 5.41) is 0. The Hall–Kier alpha value is -1.85. The van der Waals surface area contributed by atoms with E-state index in [1.165, 1.54) is 16.2 Å². The average Bonchev–Trinajstić information content (AvgIpc) is 2.64. The van der Waals surface area contributed by atoms with E-state index < -0.39 is 52.5 Å². The first-order valence-corrected chi connectivity index (χ1v) is 12.7. The van der Waals surface area contributed by atoms with Gasteiger partial charge in [-0.15, -0.1) is 0 Å². The van der Waals surface area contributed by atoms with Gasteiger partial charge >= 0.3 is 42.3 Å². The third-order valence-corrected chi connectivity index (χ3v) is 6.69. The Balaban J connectivity index is 0.000000512. The van der Waals surface area contributed by atoms with Crippen molar-refractivity contribution in [3.8, 4) is 0 Å². The summed E-state index contributed by atoms with van der Waals surface area (Å²) in [6.07, 6.45) is 0. The molecule has 0 amide bonds. The number of benzene rings is 2. The summed E-state index contributed by atoms with van der Waals surface area (Å²) in [7, 11) is -11.8. The molecule has 0 bridgehead atoms. The van der Waals surface area contributed by atoms with E-state index in [0.29, 0.717) is 0 Å². The Bertz CT molecular complexity index is 1080. The van der Waals surface area contributed by atoms with Crippen molar-refractivity contribution in [1.82, 2.24) is 0 Å². The van der Waals surface area contributed by atoms with Crippen molar-refractivity contribution >= 4 is 26.0 Å². The molecule has 0 radical (unpaired) electrons. The molecule has 0 aliphatic carbocycles. The van der Waals surface area contributed by atoms with Gasteiger partial charge < -0.3 is 8.74 Å². The molecule has 0 fully saturated rings. The van der Waals surface area contributed by atoms with E-state index in [4.69, 9.17) is 13.0 Å². The van der Waals surface area contributed by atoms with Gasteiger partial charge in [-0.3, -0.25) is 0 Å². The van der Waals surface area contributed by atoms with Crippen molar-refractivity contribution in [1.29, 1.82) is 0 Å². The van der Waals surface area contributed by atoms with E-state index >= 15 is 0 Å². The molecule has 2 aromatic rings. The van der Waals surface area contributed by atoms with Gasteiger partial charge in [-0.05, 0) is 12.1 Å². The van der Waals surface area contributed by atoms with Crippen LogP contribution in [0.15, 0.2) is 64.7 Å². The molecule has 172 valence electrons. The van der Waals surface area contributed by atoms with Crippen molar-refractivity contribution < 1.29 is 73.1 Å². The number of hydrogen-bond acceptors (Lipinski definition) is 6. The van der Waals surface area contributed by atoms with E-state index in [0.717, 1.165) is 3.57 Å². The lowest BCUT2D eigenvalue weighted by atomic mass is 10.2. The summed E-state index contributed by atoms with van der Waals surface area (Å²) in [5.41, 5.74) is -10.8. The molecule has 0 heterocycles. The summed E-state index contributed by atoms with van der Waals surface area (Å²) in [5.74, 6) is -0.306. The molecule has 2 aromatic carbocycles. The minimum absolute atomic E-state index is 0.274. The highest BCUT2D eigenvalue weighted by Gasteiger charge is 2.49. The van der Waals surface area contributed by atoms with Crippen molar-refractivity contribution in [2.24, 2.45) is 0 Å². The van der Waals surface area contributed by atoms with Gasteiger partial charge in [-0.1, -0.05) is 48.5 Å². The highest BCUT2D eigenvalue weighted by atomic mass is 127. The Morgan fingerprint density at radius 2 is 1.23 bits per heavy atom. The van der Waals surface area contributed by atoms with Crippen LogP contribution in [0.25, 0.3) is 5.76 Å². The second kappa shape index (κ2) is 10.6. The molecule has 6 nitrogen and oxygen atoms in total. The SMILES string of the molecule is O=S(=O)(O/C(=C/[I+]c1ccccc1)c1ccccc1)C(F)(F)F.O=S(=O)([O-])C(F)(F)F. The number of halogens is 7. The number of hydrogen-bond donors (Lipinski definition) is 0. The van der Waals surface area contributed by atoms with Crippen molar-refractivity contribution in [2.75, 3.05) is 0 Å². The largest absolute Gasteiger partial charge is 0.741 e. The van der Waals surface area contributed by atoms with Gasteiger partial charge in [-0.2, -0.15) is 34.8 Å². The van der Waals surface area contributed by atoms with E-state index in [1.807, 2.05) is 18.2 Å². The van der Waals surface area contributed by atoms with Gasteiger partial charge in [0.05, 0.1) is 0 Å². The fraction of sp³-hybridized carbons (Fsp3) is 0.125. The Morgan fingerprint density at radius 3 is 1.61 bits per heavy atom. The monoisotopic (exact) mass is 604 g/mol. The minimum atomic E-state index is -6.09. The van der Waals surface area contributed by atoms with E-state index in [2.05, 4.69) is 4.18 Å². The van der Waals surface area contributed by atoms with Gasteiger partial charge in [0.15, 0.2) is 19.4 Å². The van der Waals surface area contributed by atoms with Crippen LogP contribution in [0.2, 0.25) is 0 Å². The van der Waals surface area contributed by atoms with Gasteiger partial charge in [0.2, 0.25) is 4.08 Å². The third-order valence-electron chi connectivity index (χ3n) is 2.84. The number of alkyl halides is 6. The molecule has 0 aromatic heterocycles. The molecule has 0 atom stereocenters. The van der Waals surface area contributed by atoms with E-state index in [9.17, 15) is 34.8 Å². The first-order valence-electron chi connectivity index (χ1n) is 7.51. The van der Waals surface area contributed by atoms with Crippen LogP contribution >= 0.6 is 0 Å². The summed E-state index contributed by atoms with van der Waals surface area (Å²) in [4.78, 5) is 0. The Morgan fingerprint density at radius 1 is 0.806 bits per heavy atom. The van der Waals surface area contributed by atoms with Crippen LogP contribution in [0.4, 0.5) is 26.3 Å². The average molecular weight is 604 g/mol. The molecule has 0 saturated heterocycles. The maximum absolute atomic E-state index is 12.5. The van der Waals surface area contributed by atoms with Crippen LogP contribution in [0.5, 0.6) is 0 Å². The molecule has 0 aliphatic heterocycles. The highest BCUT2D eigenvalue weighted by molar-refractivity contribution is 7.87. The first kappa shape index (κ1) is 27.2. The predicted molar refractivity (Wildman–Crippen MR) is 91.4 cm³/mol. The molecule has 0 unspecified atom stereocenters. The standard InChI is InChI=1S/C15H11F3IO3S.CHF3O3S/c16-15(17,18)23(20,21)22-14(12-7-3-1-4-8-12)11-19-13-9-5-2-6-10-13;2-1(3,4)8(5,6)7/h1-11H;(H,5,6,7)/q+1;/p-1/b14-11+;. The molecule has 0 N–H and O–H groups in total. The normalized spacial score (nSPS) is 13.2. The quantitative estimate of drug-likeness (QED) is 0.126. The smallest absolute Gasteiger partial charge is 0.534 e. The van der Waals surface area contributed by atoms with Gasteiger partial charge in [0, 0.05) is 5.56 Å². The topological polar surface area (TPSA) is 101 Å². The maximum Gasteiger partial charge on any atom is 0.534 e. The second-order valence-corrected chi connectivity index (χ2v) is 10.5. The molecular weight excluding hydrogens is 593 g/mol. The number of rotatable bonds is 5. The van der Waals surface area contributed by atoms with Crippen molar-refractivity contribution in [2.45, 2.75) is 11.0 Å². The first-order chi connectivity index (χ1) is 14.0. The zero-order chi connectivity index (χ0) is 23.9. The fourth-order valence-electron chi connectivity index (χ4n) is 1.50. The minimum Gasteiger partial charge on any atom is -0.741 e. The van der Waals surface area contributed by atoms with Crippen LogP contribution in [0.3, 0.4) is 0 Å². The Kier molecular flexibility index (Phi) is 9.33. The highest BCUT2D eigenvalue weighted by Crippen LogP contribution is 2.29. The van der Waals surface area contributed by atoms with Gasteiger partial charge in [0.25, 0.3) is 0 Å². The zero-order valence-corrected chi connectivity index (χ0v) is 18.6. The molecule has 0 spiro atoms. The van der Waals surface area contributed by atoms with Crippen molar-refractivity contribution in [3.05, 3.63) is 73.9 Å². The van der Waals surface area contributed by atoms with Gasteiger partial charge in [-0.25, -0.2) is 8.42 Å². The summed E-state index contributed by atoms with van der Waals surface area (Å²) in [6, 6.07) is 16.9. The molecule has 2 rings (SSSR count). The molecule has 15 heteroatoms. The van der Waals surface area contributed by atoms with E-state index in [-0.39, 0.29) is 11.3 Å². The molecule has 31 heavy (non-hydrogen) atoms. The lowest BCUT2D eigenvalue weighted by Gasteiger charge is -2.10. The summed E-state index contributed by atoms with van der Waals surface area (Å²) >= 11 is -0.850. The predicted octanol–water partition coefficient (Wildman–Crippen LogP) is 0.861. The van der Waals surface area contributed by atoms with Crippen molar-refractivity contribution in [3.63, 3.8) is 0 Å².